The number of hydrogen-bond donors (Lipinski definition) is 0. The zero-order valence-corrected chi connectivity index (χ0v) is 15.3. The lowest BCUT2D eigenvalue weighted by atomic mass is 10.1. The Labute approximate surface area is 150 Å². The molecular weight excluding hydrogens is 342 g/mol. The highest BCUT2D eigenvalue weighted by Crippen LogP contribution is 2.34. The average Bonchev–Trinajstić information content (AvgIpc) is 2.99. The molecule has 0 fully saturated rings. The monoisotopic (exact) mass is 363 g/mol. The molecule has 0 aliphatic heterocycles. The molecule has 2 rings (SSSR count). The van der Waals surface area contributed by atoms with Crippen LogP contribution in [0.2, 0.25) is 0 Å². The van der Waals surface area contributed by atoms with E-state index in [0.717, 1.165) is 24.6 Å². The normalized spacial score (nSPS) is 10.7. The van der Waals surface area contributed by atoms with Gasteiger partial charge in [-0.2, -0.15) is 0 Å². The number of rotatable bonds is 8. The highest BCUT2D eigenvalue weighted by molar-refractivity contribution is 7.99. The van der Waals surface area contributed by atoms with E-state index < -0.39 is 4.92 Å². The maximum atomic E-state index is 12.7. The van der Waals surface area contributed by atoms with E-state index in [4.69, 9.17) is 0 Å². The molecule has 0 N–H and O–H groups in total. The van der Waals surface area contributed by atoms with Crippen LogP contribution in [0.4, 0.5) is 5.69 Å². The minimum atomic E-state index is -0.473. The molecule has 0 bridgehead atoms. The Balaban J connectivity index is 2.33. The molecule has 1 aromatic heterocycles. The molecule has 1 heterocycles. The Morgan fingerprint density at radius 2 is 2.00 bits per heavy atom. The van der Waals surface area contributed by atoms with Crippen molar-refractivity contribution in [1.29, 1.82) is 0 Å². The quantitative estimate of drug-likeness (QED) is 0.528. The number of benzene rings is 1. The second-order valence-corrected chi connectivity index (χ2v) is 6.57. The van der Waals surface area contributed by atoms with Crippen LogP contribution in [0.25, 0.3) is 0 Å². The van der Waals surface area contributed by atoms with E-state index in [1.807, 2.05) is 13.8 Å². The summed E-state index contributed by atoms with van der Waals surface area (Å²) in [5.41, 5.74) is 0.225. The predicted molar refractivity (Wildman–Crippen MR) is 94.7 cm³/mol. The molecule has 0 spiro atoms. The molecule has 8 nitrogen and oxygen atoms in total. The van der Waals surface area contributed by atoms with Crippen molar-refractivity contribution in [1.82, 2.24) is 19.7 Å². The Kier molecular flexibility index (Phi) is 6.51. The molecule has 0 aliphatic carbocycles. The Hall–Kier alpha value is -2.42. The molecule has 1 amide bonds. The van der Waals surface area contributed by atoms with Gasteiger partial charge >= 0.3 is 0 Å². The number of carbonyl (C=O) groups is 1. The third kappa shape index (κ3) is 4.56. The molecule has 0 unspecified atom stereocenters. The molecule has 9 heteroatoms. The minimum absolute atomic E-state index is 0.105. The molecule has 2 aromatic rings. The summed E-state index contributed by atoms with van der Waals surface area (Å²) in [5.74, 6) is -0.179. The summed E-state index contributed by atoms with van der Waals surface area (Å²) in [6.45, 7) is 5.27. The van der Waals surface area contributed by atoms with Crippen LogP contribution in [-0.2, 0) is 7.05 Å². The molecule has 0 saturated heterocycles. The van der Waals surface area contributed by atoms with Crippen LogP contribution >= 0.6 is 11.8 Å². The van der Waals surface area contributed by atoms with Gasteiger partial charge in [-0.1, -0.05) is 13.8 Å². The smallest absolute Gasteiger partial charge is 0.284 e. The van der Waals surface area contributed by atoms with Gasteiger partial charge in [-0.25, -0.2) is 0 Å². The summed E-state index contributed by atoms with van der Waals surface area (Å²) in [7, 11) is 1.76. The van der Waals surface area contributed by atoms with E-state index in [2.05, 4.69) is 10.2 Å². The van der Waals surface area contributed by atoms with Gasteiger partial charge in [0.05, 0.1) is 9.82 Å². The number of aryl methyl sites for hydroxylation is 1. The van der Waals surface area contributed by atoms with Crippen molar-refractivity contribution in [2.24, 2.45) is 7.05 Å². The Morgan fingerprint density at radius 1 is 1.32 bits per heavy atom. The van der Waals surface area contributed by atoms with Crippen LogP contribution in [0.1, 0.15) is 37.0 Å². The summed E-state index contributed by atoms with van der Waals surface area (Å²) in [4.78, 5) is 25.8. The summed E-state index contributed by atoms with van der Waals surface area (Å²) >= 11 is 1.15. The standard InChI is InChI=1S/C16H21N5O3S/c1-4-8-20(9-5-2)15(22)12-6-7-14(13(10-12)21(23)24)25-16-18-17-11-19(16)3/h6-7,10-11H,4-5,8-9H2,1-3H3. The number of nitro groups is 1. The lowest BCUT2D eigenvalue weighted by molar-refractivity contribution is -0.387. The number of carbonyl (C=O) groups excluding carboxylic acids is 1. The van der Waals surface area contributed by atoms with Gasteiger partial charge in [0.2, 0.25) is 0 Å². The first-order valence-corrected chi connectivity index (χ1v) is 8.89. The van der Waals surface area contributed by atoms with Gasteiger partial charge in [0.1, 0.15) is 6.33 Å². The van der Waals surface area contributed by atoms with Gasteiger partial charge in [0.15, 0.2) is 5.16 Å². The van der Waals surface area contributed by atoms with Gasteiger partial charge < -0.3 is 9.47 Å². The first-order chi connectivity index (χ1) is 12.0. The summed E-state index contributed by atoms with van der Waals surface area (Å²) in [5, 5.41) is 19.7. The van der Waals surface area contributed by atoms with Crippen LogP contribution in [0.15, 0.2) is 34.6 Å². The van der Waals surface area contributed by atoms with Gasteiger partial charge in [0, 0.05) is 31.8 Å². The van der Waals surface area contributed by atoms with Crippen molar-refractivity contribution in [3.63, 3.8) is 0 Å². The lowest BCUT2D eigenvalue weighted by Gasteiger charge is -2.21. The fourth-order valence-corrected chi connectivity index (χ4v) is 3.23. The highest BCUT2D eigenvalue weighted by atomic mass is 32.2. The summed E-state index contributed by atoms with van der Waals surface area (Å²) < 4.78 is 1.68. The van der Waals surface area contributed by atoms with Gasteiger partial charge in [-0.15, -0.1) is 10.2 Å². The molecule has 134 valence electrons. The van der Waals surface area contributed by atoms with E-state index in [0.29, 0.717) is 28.7 Å². The van der Waals surface area contributed by atoms with Crippen molar-refractivity contribution >= 4 is 23.4 Å². The lowest BCUT2D eigenvalue weighted by Crippen LogP contribution is -2.32. The van der Waals surface area contributed by atoms with E-state index >= 15 is 0 Å². The van der Waals surface area contributed by atoms with Crippen LogP contribution in [0.5, 0.6) is 0 Å². The first-order valence-electron chi connectivity index (χ1n) is 8.07. The first kappa shape index (κ1) is 18.9. The van der Waals surface area contributed by atoms with Crippen LogP contribution in [0.3, 0.4) is 0 Å². The van der Waals surface area contributed by atoms with Gasteiger partial charge in [-0.3, -0.25) is 14.9 Å². The number of nitro benzene ring substituents is 1. The SMILES string of the molecule is CCCN(CCC)C(=O)c1ccc(Sc2nncn2C)c([N+](=O)[O-])c1. The Bertz CT molecular complexity index is 756. The fourth-order valence-electron chi connectivity index (χ4n) is 2.38. The molecule has 0 atom stereocenters. The summed E-state index contributed by atoms with van der Waals surface area (Å²) in [6.07, 6.45) is 3.21. The molecule has 0 radical (unpaired) electrons. The van der Waals surface area contributed by atoms with Crippen LogP contribution < -0.4 is 0 Å². The maximum absolute atomic E-state index is 12.7. The number of hydrogen-bond acceptors (Lipinski definition) is 6. The zero-order chi connectivity index (χ0) is 18.4. The predicted octanol–water partition coefficient (Wildman–Crippen LogP) is 3.14. The molecule has 0 saturated carbocycles. The second-order valence-electron chi connectivity index (χ2n) is 5.56. The van der Waals surface area contributed by atoms with E-state index in [1.54, 1.807) is 28.6 Å². The van der Waals surface area contributed by atoms with Crippen LogP contribution in [-0.4, -0.2) is 43.6 Å². The highest BCUT2D eigenvalue weighted by Gasteiger charge is 2.22. The summed E-state index contributed by atoms with van der Waals surface area (Å²) in [6, 6.07) is 4.58. The van der Waals surface area contributed by atoms with Crippen molar-refractivity contribution < 1.29 is 9.72 Å². The second kappa shape index (κ2) is 8.61. The van der Waals surface area contributed by atoms with E-state index in [9.17, 15) is 14.9 Å². The third-order valence-electron chi connectivity index (χ3n) is 3.55. The number of amides is 1. The third-order valence-corrected chi connectivity index (χ3v) is 4.67. The van der Waals surface area contributed by atoms with Crippen molar-refractivity contribution in [3.8, 4) is 0 Å². The Morgan fingerprint density at radius 3 is 2.52 bits per heavy atom. The maximum Gasteiger partial charge on any atom is 0.284 e. The minimum Gasteiger partial charge on any atom is -0.339 e. The van der Waals surface area contributed by atoms with Gasteiger partial charge in [-0.05, 0) is 36.7 Å². The molecule has 1 aromatic carbocycles. The average molecular weight is 363 g/mol. The van der Waals surface area contributed by atoms with E-state index in [1.165, 1.54) is 12.4 Å². The van der Waals surface area contributed by atoms with Gasteiger partial charge in [0.25, 0.3) is 11.6 Å². The molecule has 0 aliphatic rings. The topological polar surface area (TPSA) is 94.2 Å². The molecule has 25 heavy (non-hydrogen) atoms. The fraction of sp³-hybridized carbons (Fsp3) is 0.438. The van der Waals surface area contributed by atoms with Crippen LogP contribution in [0, 0.1) is 10.1 Å². The molecular formula is C16H21N5O3S. The van der Waals surface area contributed by atoms with E-state index in [-0.39, 0.29) is 11.6 Å². The zero-order valence-electron chi connectivity index (χ0n) is 14.5. The number of aromatic nitrogens is 3. The van der Waals surface area contributed by atoms with Crippen molar-refractivity contribution in [3.05, 3.63) is 40.2 Å². The van der Waals surface area contributed by atoms with Crippen molar-refractivity contribution in [2.45, 2.75) is 36.7 Å². The largest absolute Gasteiger partial charge is 0.339 e. The number of nitrogens with zero attached hydrogens (tertiary/aromatic N) is 5. The van der Waals surface area contributed by atoms with Crippen molar-refractivity contribution in [2.75, 3.05) is 13.1 Å².